The second kappa shape index (κ2) is 5.92. The molecule has 20 heavy (non-hydrogen) atoms. The van der Waals surface area contributed by atoms with Crippen LogP contribution in [0, 0.1) is 15.9 Å². The van der Waals surface area contributed by atoms with Gasteiger partial charge in [0.1, 0.15) is 5.82 Å². The zero-order valence-electron chi connectivity index (χ0n) is 10.3. The molecular weight excluding hydrogens is 265 g/mol. The van der Waals surface area contributed by atoms with Crippen LogP contribution in [0.4, 0.5) is 10.1 Å². The number of halogens is 1. The minimum atomic E-state index is -0.649. The standard InChI is InChI=1S/C14H10FNO4/c15-11-6-2-1-5-10(11)13(17)9-20-14-8-4-3-7-12(14)16(18)19/h1-8H,9H2. The van der Waals surface area contributed by atoms with Crippen LogP contribution in [0.2, 0.25) is 0 Å². The SMILES string of the molecule is O=C(COc1ccccc1[N+](=O)[O-])c1ccccc1F. The van der Waals surface area contributed by atoms with Gasteiger partial charge >= 0.3 is 5.69 Å². The molecule has 0 aliphatic heterocycles. The fourth-order valence-electron chi connectivity index (χ4n) is 1.64. The number of benzene rings is 2. The van der Waals surface area contributed by atoms with Crippen molar-refractivity contribution in [2.75, 3.05) is 6.61 Å². The zero-order valence-corrected chi connectivity index (χ0v) is 10.3. The molecule has 0 aromatic heterocycles. The van der Waals surface area contributed by atoms with Crippen LogP contribution in [0.1, 0.15) is 10.4 Å². The Hall–Kier alpha value is -2.76. The van der Waals surface area contributed by atoms with Crippen LogP contribution in [0.5, 0.6) is 5.75 Å². The molecule has 0 radical (unpaired) electrons. The van der Waals surface area contributed by atoms with Crippen molar-refractivity contribution in [1.82, 2.24) is 0 Å². The van der Waals surface area contributed by atoms with Gasteiger partial charge < -0.3 is 4.74 Å². The minimum absolute atomic E-state index is 0.0258. The summed E-state index contributed by atoms with van der Waals surface area (Å²) in [4.78, 5) is 21.9. The van der Waals surface area contributed by atoms with Crippen LogP contribution in [0.15, 0.2) is 48.5 Å². The molecule has 0 fully saturated rings. The predicted molar refractivity (Wildman–Crippen MR) is 69.3 cm³/mol. The Bertz CT molecular complexity index is 657. The van der Waals surface area contributed by atoms with E-state index in [-0.39, 0.29) is 17.0 Å². The first kappa shape index (κ1) is 13.7. The van der Waals surface area contributed by atoms with Crippen molar-refractivity contribution < 1.29 is 18.8 Å². The van der Waals surface area contributed by atoms with Gasteiger partial charge in [-0.1, -0.05) is 24.3 Å². The summed E-state index contributed by atoms with van der Waals surface area (Å²) in [5.41, 5.74) is -0.347. The fourth-order valence-corrected chi connectivity index (χ4v) is 1.64. The van der Waals surface area contributed by atoms with Crippen molar-refractivity contribution in [3.05, 3.63) is 70.0 Å². The number of para-hydroxylation sites is 2. The minimum Gasteiger partial charge on any atom is -0.478 e. The van der Waals surface area contributed by atoms with Gasteiger partial charge in [0, 0.05) is 6.07 Å². The molecule has 0 atom stereocenters. The zero-order chi connectivity index (χ0) is 14.5. The molecule has 0 spiro atoms. The number of ketones is 1. The van der Waals surface area contributed by atoms with E-state index in [0.717, 1.165) is 6.07 Å². The first-order chi connectivity index (χ1) is 9.59. The number of Topliss-reactive ketones (excluding diaryl/α,β-unsaturated/α-hetero) is 1. The molecule has 0 saturated heterocycles. The summed E-state index contributed by atoms with van der Waals surface area (Å²) < 4.78 is 18.5. The molecule has 2 rings (SSSR count). The molecule has 0 aliphatic carbocycles. The second-order valence-corrected chi connectivity index (χ2v) is 3.92. The highest BCUT2D eigenvalue weighted by Crippen LogP contribution is 2.25. The highest BCUT2D eigenvalue weighted by molar-refractivity contribution is 5.97. The van der Waals surface area contributed by atoms with E-state index in [4.69, 9.17) is 4.74 Å². The third-order valence-electron chi connectivity index (χ3n) is 2.59. The number of hydrogen-bond acceptors (Lipinski definition) is 4. The van der Waals surface area contributed by atoms with Crippen LogP contribution in [0.25, 0.3) is 0 Å². The molecule has 0 bridgehead atoms. The summed E-state index contributed by atoms with van der Waals surface area (Å²) in [5.74, 6) is -1.26. The van der Waals surface area contributed by atoms with Gasteiger partial charge in [-0.2, -0.15) is 0 Å². The number of hydrogen-bond donors (Lipinski definition) is 0. The lowest BCUT2D eigenvalue weighted by molar-refractivity contribution is -0.385. The third-order valence-corrected chi connectivity index (χ3v) is 2.59. The Balaban J connectivity index is 2.12. The number of nitro benzene ring substituents is 1. The number of ether oxygens (including phenoxy) is 1. The van der Waals surface area contributed by atoms with Crippen molar-refractivity contribution in [3.63, 3.8) is 0 Å². The molecule has 0 N–H and O–H groups in total. The molecule has 0 saturated carbocycles. The van der Waals surface area contributed by atoms with E-state index >= 15 is 0 Å². The summed E-state index contributed by atoms with van der Waals surface area (Å²) in [7, 11) is 0. The highest BCUT2D eigenvalue weighted by Gasteiger charge is 2.16. The average molecular weight is 275 g/mol. The predicted octanol–water partition coefficient (Wildman–Crippen LogP) is 3.00. The van der Waals surface area contributed by atoms with Gasteiger partial charge in [-0.3, -0.25) is 14.9 Å². The maximum absolute atomic E-state index is 13.4. The summed E-state index contributed by atoms with van der Waals surface area (Å²) >= 11 is 0. The van der Waals surface area contributed by atoms with Crippen LogP contribution in [0.3, 0.4) is 0 Å². The van der Waals surface area contributed by atoms with E-state index in [1.165, 1.54) is 36.4 Å². The van der Waals surface area contributed by atoms with E-state index in [2.05, 4.69) is 0 Å². The number of nitro groups is 1. The topological polar surface area (TPSA) is 69.4 Å². The third kappa shape index (κ3) is 2.97. The maximum Gasteiger partial charge on any atom is 0.310 e. The highest BCUT2D eigenvalue weighted by atomic mass is 19.1. The first-order valence-corrected chi connectivity index (χ1v) is 5.73. The van der Waals surface area contributed by atoms with Gasteiger partial charge in [0.05, 0.1) is 10.5 Å². The van der Waals surface area contributed by atoms with E-state index in [9.17, 15) is 19.3 Å². The lowest BCUT2D eigenvalue weighted by Crippen LogP contribution is -2.13. The smallest absolute Gasteiger partial charge is 0.310 e. The van der Waals surface area contributed by atoms with Crippen molar-refractivity contribution in [2.24, 2.45) is 0 Å². The molecule has 0 unspecified atom stereocenters. The summed E-state index contributed by atoms with van der Waals surface area (Å²) in [6, 6.07) is 11.2. The quantitative estimate of drug-likeness (QED) is 0.478. The molecule has 2 aromatic rings. The Labute approximate surface area is 113 Å². The lowest BCUT2D eigenvalue weighted by atomic mass is 10.1. The molecule has 0 amide bonds. The van der Waals surface area contributed by atoms with Crippen LogP contribution in [-0.2, 0) is 0 Å². The maximum atomic E-state index is 13.4. The monoisotopic (exact) mass is 275 g/mol. The van der Waals surface area contributed by atoms with Gasteiger partial charge in [0.15, 0.2) is 12.4 Å². The molecule has 102 valence electrons. The average Bonchev–Trinajstić information content (AvgIpc) is 2.45. The van der Waals surface area contributed by atoms with Gasteiger partial charge in [-0.25, -0.2) is 4.39 Å². The van der Waals surface area contributed by atoms with E-state index in [1.807, 2.05) is 0 Å². The van der Waals surface area contributed by atoms with E-state index in [1.54, 1.807) is 6.07 Å². The second-order valence-electron chi connectivity index (χ2n) is 3.92. The summed E-state index contributed by atoms with van der Waals surface area (Å²) in [6.07, 6.45) is 0. The number of carbonyl (C=O) groups excluding carboxylic acids is 1. The Morgan fingerprint density at radius 3 is 2.50 bits per heavy atom. The van der Waals surface area contributed by atoms with Gasteiger partial charge in [-0.05, 0) is 18.2 Å². The van der Waals surface area contributed by atoms with Crippen molar-refractivity contribution in [3.8, 4) is 5.75 Å². The van der Waals surface area contributed by atoms with Gasteiger partial charge in [0.2, 0.25) is 5.78 Å². The van der Waals surface area contributed by atoms with Gasteiger partial charge in [-0.15, -0.1) is 0 Å². The summed E-state index contributed by atoms with van der Waals surface area (Å²) in [6.45, 7) is -0.466. The van der Waals surface area contributed by atoms with E-state index < -0.39 is 23.1 Å². The Kier molecular flexibility index (Phi) is 4.05. The Morgan fingerprint density at radius 2 is 1.80 bits per heavy atom. The summed E-state index contributed by atoms with van der Waals surface area (Å²) in [5, 5.41) is 10.8. The van der Waals surface area contributed by atoms with Crippen molar-refractivity contribution in [1.29, 1.82) is 0 Å². The van der Waals surface area contributed by atoms with Crippen LogP contribution in [-0.4, -0.2) is 17.3 Å². The molecule has 0 aliphatic rings. The fraction of sp³-hybridized carbons (Fsp3) is 0.0714. The van der Waals surface area contributed by atoms with Crippen molar-refractivity contribution >= 4 is 11.5 Å². The normalized spacial score (nSPS) is 10.1. The van der Waals surface area contributed by atoms with Crippen LogP contribution >= 0.6 is 0 Å². The number of carbonyl (C=O) groups is 1. The largest absolute Gasteiger partial charge is 0.478 e. The molecule has 5 nitrogen and oxygen atoms in total. The molecule has 2 aromatic carbocycles. The first-order valence-electron chi connectivity index (χ1n) is 5.73. The Morgan fingerprint density at radius 1 is 1.15 bits per heavy atom. The van der Waals surface area contributed by atoms with E-state index in [0.29, 0.717) is 0 Å². The number of rotatable bonds is 5. The molecule has 0 heterocycles. The molecular formula is C14H10FNO4. The van der Waals surface area contributed by atoms with Gasteiger partial charge in [0.25, 0.3) is 0 Å². The molecule has 6 heteroatoms. The van der Waals surface area contributed by atoms with Crippen LogP contribution < -0.4 is 4.74 Å². The van der Waals surface area contributed by atoms with Crippen molar-refractivity contribution in [2.45, 2.75) is 0 Å². The lowest BCUT2D eigenvalue weighted by Gasteiger charge is -2.06. The number of nitrogens with zero attached hydrogens (tertiary/aromatic N) is 1.